The van der Waals surface area contributed by atoms with Crippen LogP contribution in [0.5, 0.6) is 0 Å². The number of aromatic nitrogens is 2. The van der Waals surface area contributed by atoms with E-state index in [9.17, 15) is 8.42 Å². The molecular weight excluding hydrogens is 354 g/mol. The second-order valence-electron chi connectivity index (χ2n) is 6.68. The van der Waals surface area contributed by atoms with E-state index < -0.39 is 10.0 Å². The zero-order valence-corrected chi connectivity index (χ0v) is 14.8. The van der Waals surface area contributed by atoms with Crippen molar-refractivity contribution in [3.63, 3.8) is 0 Å². The molecule has 3 aromatic rings. The van der Waals surface area contributed by atoms with E-state index in [4.69, 9.17) is 8.83 Å². The third kappa shape index (κ3) is 2.52. The average molecular weight is 371 g/mol. The predicted octanol–water partition coefficient (Wildman–Crippen LogP) is 3.35. The van der Waals surface area contributed by atoms with Gasteiger partial charge in [0.05, 0.1) is 11.3 Å². The van der Waals surface area contributed by atoms with Gasteiger partial charge in [-0.3, -0.25) is 4.31 Å². The summed E-state index contributed by atoms with van der Waals surface area (Å²) >= 11 is 0. The van der Waals surface area contributed by atoms with Crippen molar-refractivity contribution in [1.82, 2.24) is 10.2 Å². The van der Waals surface area contributed by atoms with Gasteiger partial charge < -0.3 is 8.83 Å². The highest BCUT2D eigenvalue weighted by Gasteiger charge is 2.33. The molecule has 134 valence electrons. The Morgan fingerprint density at radius 1 is 1.15 bits per heavy atom. The van der Waals surface area contributed by atoms with E-state index in [1.807, 2.05) is 24.3 Å². The Morgan fingerprint density at radius 2 is 2.00 bits per heavy atom. The number of aryl methyl sites for hydroxylation is 1. The summed E-state index contributed by atoms with van der Waals surface area (Å²) in [5, 5.41) is 7.92. The smallest absolute Gasteiger partial charge is 0.297 e. The molecule has 1 aliphatic carbocycles. The van der Waals surface area contributed by atoms with Crippen molar-refractivity contribution in [2.45, 2.75) is 36.7 Å². The number of furan rings is 1. The molecule has 0 amide bonds. The van der Waals surface area contributed by atoms with Crippen molar-refractivity contribution in [2.75, 3.05) is 10.8 Å². The van der Waals surface area contributed by atoms with Crippen LogP contribution >= 0.6 is 0 Å². The first-order valence-electron chi connectivity index (χ1n) is 8.66. The van der Waals surface area contributed by atoms with Crippen LogP contribution in [0.4, 0.5) is 5.69 Å². The Hall–Kier alpha value is -2.61. The SMILES string of the molecule is O=S(=O)(c1cc(-c2nnc(C3CC3)o2)co1)N1CCCc2ccccc21. The molecule has 1 aromatic carbocycles. The van der Waals surface area contributed by atoms with Crippen LogP contribution in [-0.4, -0.2) is 25.2 Å². The first-order valence-corrected chi connectivity index (χ1v) is 10.1. The zero-order valence-electron chi connectivity index (χ0n) is 14.0. The quantitative estimate of drug-likeness (QED) is 0.699. The standard InChI is InChI=1S/C18H17N3O4S/c22-26(23,21-9-3-5-12-4-1-2-6-15(12)21)16-10-14(11-24-16)18-20-19-17(25-18)13-7-8-13/h1-2,4,6,10-11,13H,3,5,7-9H2. The van der Waals surface area contributed by atoms with E-state index in [1.165, 1.54) is 16.6 Å². The second-order valence-corrected chi connectivity index (χ2v) is 8.48. The average Bonchev–Trinajstić information content (AvgIpc) is 3.18. The maximum absolute atomic E-state index is 13.1. The number of hydrogen-bond acceptors (Lipinski definition) is 6. The van der Waals surface area contributed by atoms with Gasteiger partial charge in [0.25, 0.3) is 15.9 Å². The van der Waals surface area contributed by atoms with Crippen molar-refractivity contribution >= 4 is 15.7 Å². The molecule has 0 radical (unpaired) electrons. The molecule has 5 rings (SSSR count). The molecule has 0 spiro atoms. The Morgan fingerprint density at radius 3 is 2.85 bits per heavy atom. The van der Waals surface area contributed by atoms with Gasteiger partial charge in [0.2, 0.25) is 11.0 Å². The van der Waals surface area contributed by atoms with E-state index in [1.54, 1.807) is 0 Å². The van der Waals surface area contributed by atoms with Gasteiger partial charge in [-0.2, -0.15) is 8.42 Å². The monoisotopic (exact) mass is 371 g/mol. The highest BCUT2D eigenvalue weighted by atomic mass is 32.2. The lowest BCUT2D eigenvalue weighted by Crippen LogP contribution is -2.35. The number of sulfonamides is 1. The first kappa shape index (κ1) is 15.6. The van der Waals surface area contributed by atoms with Crippen LogP contribution in [0.2, 0.25) is 0 Å². The van der Waals surface area contributed by atoms with Gasteiger partial charge in [-0.15, -0.1) is 10.2 Å². The molecule has 0 atom stereocenters. The fourth-order valence-electron chi connectivity index (χ4n) is 3.27. The number of rotatable bonds is 4. The normalized spacial score (nSPS) is 17.3. The number of nitrogens with zero attached hydrogens (tertiary/aromatic N) is 3. The van der Waals surface area contributed by atoms with E-state index in [0.717, 1.165) is 31.2 Å². The predicted molar refractivity (Wildman–Crippen MR) is 93.3 cm³/mol. The minimum Gasteiger partial charge on any atom is -0.450 e. The first-order chi connectivity index (χ1) is 12.6. The maximum Gasteiger partial charge on any atom is 0.297 e. The second kappa shape index (κ2) is 5.70. The molecule has 7 nitrogen and oxygen atoms in total. The van der Waals surface area contributed by atoms with Crippen LogP contribution < -0.4 is 4.31 Å². The Kier molecular flexibility index (Phi) is 3.43. The molecular formula is C18H17N3O4S. The van der Waals surface area contributed by atoms with Gasteiger partial charge in [-0.05, 0) is 37.3 Å². The van der Waals surface area contributed by atoms with Gasteiger partial charge in [-0.25, -0.2) is 0 Å². The summed E-state index contributed by atoms with van der Waals surface area (Å²) in [5.41, 5.74) is 2.22. The molecule has 1 saturated carbocycles. The molecule has 1 aliphatic heterocycles. The van der Waals surface area contributed by atoms with Crippen molar-refractivity contribution < 1.29 is 17.3 Å². The summed E-state index contributed by atoms with van der Waals surface area (Å²) < 4.78 is 38.6. The molecule has 8 heteroatoms. The third-order valence-corrected chi connectivity index (χ3v) is 6.48. The number of hydrogen-bond donors (Lipinski definition) is 0. The maximum atomic E-state index is 13.1. The van der Waals surface area contributed by atoms with Crippen LogP contribution in [0.15, 0.2) is 50.5 Å². The van der Waals surface area contributed by atoms with Crippen LogP contribution in [-0.2, 0) is 16.4 Å². The number of anilines is 1. The summed E-state index contributed by atoms with van der Waals surface area (Å²) in [6.07, 6.45) is 5.12. The van der Waals surface area contributed by atoms with E-state index in [-0.39, 0.29) is 11.0 Å². The fraction of sp³-hybridized carbons (Fsp3) is 0.333. The molecule has 2 aromatic heterocycles. The van der Waals surface area contributed by atoms with Gasteiger partial charge in [0.15, 0.2) is 0 Å². The summed E-state index contributed by atoms with van der Waals surface area (Å²) in [4.78, 5) is 0. The Labute approximate surface area is 150 Å². The van der Waals surface area contributed by atoms with Crippen LogP contribution in [0.1, 0.15) is 36.6 Å². The van der Waals surface area contributed by atoms with Gasteiger partial charge in [0.1, 0.15) is 6.26 Å². The summed E-state index contributed by atoms with van der Waals surface area (Å²) in [6.45, 7) is 0.432. The molecule has 3 heterocycles. The highest BCUT2D eigenvalue weighted by molar-refractivity contribution is 7.92. The minimum absolute atomic E-state index is 0.115. The topological polar surface area (TPSA) is 89.4 Å². The van der Waals surface area contributed by atoms with Crippen LogP contribution in [0.3, 0.4) is 0 Å². The van der Waals surface area contributed by atoms with E-state index in [2.05, 4.69) is 10.2 Å². The minimum atomic E-state index is -3.78. The summed E-state index contributed by atoms with van der Waals surface area (Å²) in [6, 6.07) is 9.01. The van der Waals surface area contributed by atoms with E-state index >= 15 is 0 Å². The fourth-order valence-corrected chi connectivity index (χ4v) is 4.74. The van der Waals surface area contributed by atoms with Crippen LogP contribution in [0.25, 0.3) is 11.5 Å². The number of para-hydroxylation sites is 1. The molecule has 1 fully saturated rings. The number of fused-ring (bicyclic) bond motifs is 1. The molecule has 2 aliphatic rings. The summed E-state index contributed by atoms with van der Waals surface area (Å²) in [5.74, 6) is 1.24. The van der Waals surface area contributed by atoms with E-state index in [0.29, 0.717) is 29.6 Å². The van der Waals surface area contributed by atoms with Crippen LogP contribution in [0, 0.1) is 0 Å². The molecule has 0 bridgehead atoms. The summed E-state index contributed by atoms with van der Waals surface area (Å²) in [7, 11) is -3.78. The third-order valence-electron chi connectivity index (χ3n) is 4.80. The van der Waals surface area contributed by atoms with Gasteiger partial charge in [0, 0.05) is 18.5 Å². The lowest BCUT2D eigenvalue weighted by Gasteiger charge is -2.29. The lowest BCUT2D eigenvalue weighted by atomic mass is 10.0. The largest absolute Gasteiger partial charge is 0.450 e. The molecule has 0 saturated heterocycles. The molecule has 26 heavy (non-hydrogen) atoms. The van der Waals surface area contributed by atoms with Gasteiger partial charge in [-0.1, -0.05) is 18.2 Å². The Bertz CT molecular complexity index is 1070. The lowest BCUT2D eigenvalue weighted by molar-refractivity contribution is 0.447. The van der Waals surface area contributed by atoms with Crippen molar-refractivity contribution in [1.29, 1.82) is 0 Å². The van der Waals surface area contributed by atoms with Gasteiger partial charge >= 0.3 is 0 Å². The zero-order chi connectivity index (χ0) is 17.7. The van der Waals surface area contributed by atoms with Crippen molar-refractivity contribution in [2.24, 2.45) is 0 Å². The molecule has 0 unspecified atom stereocenters. The van der Waals surface area contributed by atoms with Crippen molar-refractivity contribution in [3.8, 4) is 11.5 Å². The number of benzene rings is 1. The highest BCUT2D eigenvalue weighted by Crippen LogP contribution is 2.40. The van der Waals surface area contributed by atoms with Crippen molar-refractivity contribution in [3.05, 3.63) is 48.0 Å². The Balaban J connectivity index is 1.49. The molecule has 0 N–H and O–H groups in total.